The average molecular weight is 406 g/mol. The molecular formula is C19H14Cl2FN3O2. The van der Waals surface area contributed by atoms with E-state index in [0.29, 0.717) is 23.9 Å². The molecule has 0 saturated carbocycles. The Balaban J connectivity index is 1.50. The van der Waals surface area contributed by atoms with Gasteiger partial charge in [0.1, 0.15) is 11.9 Å². The fourth-order valence-corrected chi connectivity index (χ4v) is 3.19. The first kappa shape index (κ1) is 18.0. The molecule has 1 amide bonds. The number of carbonyl (C=O) groups is 1. The molecule has 0 bridgehead atoms. The van der Waals surface area contributed by atoms with E-state index < -0.39 is 11.7 Å². The number of nitrogens with one attached hydrogen (secondary N) is 1. The Bertz CT molecular complexity index is 1000. The average Bonchev–Trinajstić information content (AvgIpc) is 3.09. The van der Waals surface area contributed by atoms with Crippen molar-refractivity contribution in [3.8, 4) is 0 Å². The van der Waals surface area contributed by atoms with Crippen LogP contribution in [0, 0.1) is 5.82 Å². The lowest BCUT2D eigenvalue weighted by Crippen LogP contribution is -2.22. The molecule has 8 heteroatoms. The molecule has 0 aliphatic carbocycles. The summed E-state index contributed by atoms with van der Waals surface area (Å²) in [5.41, 5.74) is 2.45. The van der Waals surface area contributed by atoms with E-state index in [-0.39, 0.29) is 16.8 Å². The normalized spacial score (nSPS) is 16.0. The molecule has 0 spiro atoms. The van der Waals surface area contributed by atoms with Crippen molar-refractivity contribution in [2.75, 3.05) is 5.32 Å². The van der Waals surface area contributed by atoms with Gasteiger partial charge < -0.3 is 10.1 Å². The van der Waals surface area contributed by atoms with Crippen molar-refractivity contribution in [2.24, 2.45) is 0 Å². The molecule has 2 aromatic carbocycles. The Labute approximate surface area is 164 Å². The van der Waals surface area contributed by atoms with Crippen LogP contribution in [-0.2, 0) is 17.9 Å². The highest BCUT2D eigenvalue weighted by molar-refractivity contribution is 6.31. The number of benzene rings is 2. The van der Waals surface area contributed by atoms with E-state index in [1.165, 1.54) is 18.2 Å². The smallest absolute Gasteiger partial charge is 0.276 e. The van der Waals surface area contributed by atoms with Crippen molar-refractivity contribution in [3.05, 3.63) is 81.3 Å². The number of aromatic nitrogens is 2. The lowest BCUT2D eigenvalue weighted by atomic mass is 10.1. The second kappa shape index (κ2) is 7.31. The van der Waals surface area contributed by atoms with Gasteiger partial charge in [-0.1, -0.05) is 35.3 Å². The highest BCUT2D eigenvalue weighted by Crippen LogP contribution is 2.28. The lowest BCUT2D eigenvalue weighted by molar-refractivity contribution is -0.00118. The zero-order valence-corrected chi connectivity index (χ0v) is 15.5. The third-order valence-corrected chi connectivity index (χ3v) is 4.83. The van der Waals surface area contributed by atoms with Crippen LogP contribution in [-0.4, -0.2) is 15.7 Å². The summed E-state index contributed by atoms with van der Waals surface area (Å²) in [7, 11) is 0. The Morgan fingerprint density at radius 2 is 1.96 bits per heavy atom. The van der Waals surface area contributed by atoms with Crippen molar-refractivity contribution in [1.82, 2.24) is 9.78 Å². The first-order valence-corrected chi connectivity index (χ1v) is 8.95. The van der Waals surface area contributed by atoms with Gasteiger partial charge in [0.25, 0.3) is 5.91 Å². The van der Waals surface area contributed by atoms with Crippen LogP contribution in [0.3, 0.4) is 0 Å². The molecule has 0 unspecified atom stereocenters. The highest BCUT2D eigenvalue weighted by atomic mass is 35.5. The van der Waals surface area contributed by atoms with Crippen LogP contribution in [0.5, 0.6) is 0 Å². The van der Waals surface area contributed by atoms with E-state index in [2.05, 4.69) is 10.4 Å². The first-order chi connectivity index (χ1) is 13.0. The summed E-state index contributed by atoms with van der Waals surface area (Å²) < 4.78 is 20.9. The van der Waals surface area contributed by atoms with Gasteiger partial charge >= 0.3 is 0 Å². The van der Waals surface area contributed by atoms with E-state index in [9.17, 15) is 9.18 Å². The van der Waals surface area contributed by atoms with Gasteiger partial charge in [0.2, 0.25) is 0 Å². The number of hydrogen-bond acceptors (Lipinski definition) is 3. The molecular weight excluding hydrogens is 392 g/mol. The van der Waals surface area contributed by atoms with E-state index in [4.69, 9.17) is 27.9 Å². The summed E-state index contributed by atoms with van der Waals surface area (Å²) in [6.07, 6.45) is -0.165. The van der Waals surface area contributed by atoms with Crippen LogP contribution in [0.4, 0.5) is 10.1 Å². The molecule has 138 valence electrons. The van der Waals surface area contributed by atoms with Crippen molar-refractivity contribution in [2.45, 2.75) is 19.3 Å². The third kappa shape index (κ3) is 3.83. The summed E-state index contributed by atoms with van der Waals surface area (Å²) >= 11 is 11.7. The number of nitrogens with zero attached hydrogens (tertiary/aromatic N) is 2. The van der Waals surface area contributed by atoms with Crippen molar-refractivity contribution in [3.63, 3.8) is 0 Å². The fraction of sp³-hybridized carbons (Fsp3) is 0.158. The Hall–Kier alpha value is -2.41. The van der Waals surface area contributed by atoms with Gasteiger partial charge in [-0.15, -0.1) is 0 Å². The number of hydrogen-bond donors (Lipinski definition) is 1. The molecule has 1 aliphatic rings. The number of anilines is 1. The first-order valence-electron chi connectivity index (χ1n) is 8.20. The molecule has 2 heterocycles. The zero-order chi connectivity index (χ0) is 19.0. The molecule has 1 N–H and O–H groups in total. The van der Waals surface area contributed by atoms with Gasteiger partial charge in [-0.3, -0.25) is 9.48 Å². The second-order valence-corrected chi connectivity index (χ2v) is 6.98. The molecule has 0 saturated heterocycles. The van der Waals surface area contributed by atoms with Gasteiger partial charge in [-0.05, 0) is 42.0 Å². The fourth-order valence-electron chi connectivity index (χ4n) is 2.88. The van der Waals surface area contributed by atoms with E-state index in [1.807, 2.05) is 24.3 Å². The summed E-state index contributed by atoms with van der Waals surface area (Å²) in [5, 5.41) is 7.64. The number of halogens is 3. The standard InChI is InChI=1S/C19H14Cl2FN3O2/c20-12-3-1-11(2-4-12)18-9-25-14(10-27-18)8-17(24-25)19(26)23-13-5-6-16(22)15(21)7-13/h1-8,18H,9-10H2,(H,23,26)/t18-/m1/s1. The van der Waals surface area contributed by atoms with Crippen LogP contribution in [0.2, 0.25) is 10.0 Å². The molecule has 4 rings (SSSR count). The zero-order valence-electron chi connectivity index (χ0n) is 14.0. The summed E-state index contributed by atoms with van der Waals surface area (Å²) in [5.74, 6) is -0.944. The predicted octanol–water partition coefficient (Wildman–Crippen LogP) is 4.85. The lowest BCUT2D eigenvalue weighted by Gasteiger charge is -2.24. The SMILES string of the molecule is O=C(Nc1ccc(F)c(Cl)c1)c1cc2n(n1)C[C@H](c1ccc(Cl)cc1)OC2. The quantitative estimate of drug-likeness (QED) is 0.677. The molecule has 1 aliphatic heterocycles. The van der Waals surface area contributed by atoms with Crippen LogP contribution in [0.25, 0.3) is 0 Å². The molecule has 3 aromatic rings. The maximum atomic E-state index is 13.2. The van der Waals surface area contributed by atoms with Gasteiger partial charge in [0.15, 0.2) is 5.69 Å². The summed E-state index contributed by atoms with van der Waals surface area (Å²) in [6.45, 7) is 0.836. The molecule has 1 atom stereocenters. The predicted molar refractivity (Wildman–Crippen MR) is 101 cm³/mol. The van der Waals surface area contributed by atoms with Crippen LogP contribution in [0.1, 0.15) is 27.8 Å². The monoisotopic (exact) mass is 405 g/mol. The molecule has 1 aromatic heterocycles. The summed E-state index contributed by atoms with van der Waals surface area (Å²) in [4.78, 5) is 12.4. The Morgan fingerprint density at radius 1 is 1.19 bits per heavy atom. The van der Waals surface area contributed by atoms with Crippen molar-refractivity contribution >= 4 is 34.8 Å². The topological polar surface area (TPSA) is 56.2 Å². The van der Waals surface area contributed by atoms with Gasteiger partial charge in [0.05, 0.1) is 23.9 Å². The molecule has 0 radical (unpaired) electrons. The number of amides is 1. The van der Waals surface area contributed by atoms with E-state index in [0.717, 1.165) is 11.3 Å². The largest absolute Gasteiger partial charge is 0.365 e. The van der Waals surface area contributed by atoms with Gasteiger partial charge in [-0.25, -0.2) is 4.39 Å². The Morgan fingerprint density at radius 3 is 2.70 bits per heavy atom. The minimum atomic E-state index is -0.544. The maximum absolute atomic E-state index is 13.2. The number of carbonyl (C=O) groups excluding carboxylic acids is 1. The van der Waals surface area contributed by atoms with E-state index >= 15 is 0 Å². The molecule has 0 fully saturated rings. The number of rotatable bonds is 3. The Kier molecular flexibility index (Phi) is 4.86. The highest BCUT2D eigenvalue weighted by Gasteiger charge is 2.24. The van der Waals surface area contributed by atoms with E-state index in [1.54, 1.807) is 10.7 Å². The maximum Gasteiger partial charge on any atom is 0.276 e. The van der Waals surface area contributed by atoms with Crippen molar-refractivity contribution < 1.29 is 13.9 Å². The molecule has 5 nitrogen and oxygen atoms in total. The van der Waals surface area contributed by atoms with Gasteiger partial charge in [-0.2, -0.15) is 5.10 Å². The van der Waals surface area contributed by atoms with Gasteiger partial charge in [0, 0.05) is 10.7 Å². The minimum absolute atomic E-state index is 0.0591. The van der Waals surface area contributed by atoms with Crippen LogP contribution >= 0.6 is 23.2 Å². The number of fused-ring (bicyclic) bond motifs is 1. The third-order valence-electron chi connectivity index (χ3n) is 4.29. The van der Waals surface area contributed by atoms with Crippen LogP contribution < -0.4 is 5.32 Å². The van der Waals surface area contributed by atoms with Crippen molar-refractivity contribution in [1.29, 1.82) is 0 Å². The number of ether oxygens (including phenoxy) is 1. The van der Waals surface area contributed by atoms with Crippen LogP contribution in [0.15, 0.2) is 48.5 Å². The summed E-state index contributed by atoms with van der Waals surface area (Å²) in [6, 6.07) is 13.1. The second-order valence-electron chi connectivity index (χ2n) is 6.14. The molecule has 27 heavy (non-hydrogen) atoms. The minimum Gasteiger partial charge on any atom is -0.365 e.